The van der Waals surface area contributed by atoms with Crippen LogP contribution in [0.4, 0.5) is 4.79 Å². The van der Waals surface area contributed by atoms with E-state index in [9.17, 15) is 9.59 Å². The molecule has 0 spiro atoms. The molecule has 0 saturated heterocycles. The Kier molecular flexibility index (Phi) is 5.22. The van der Waals surface area contributed by atoms with Gasteiger partial charge in [-0.2, -0.15) is 12.6 Å². The molecule has 0 saturated carbocycles. The summed E-state index contributed by atoms with van der Waals surface area (Å²) in [4.78, 5) is 27.9. The fraction of sp³-hybridized carbons (Fsp3) is 0.545. The van der Waals surface area contributed by atoms with Gasteiger partial charge < -0.3 is 19.7 Å². The van der Waals surface area contributed by atoms with Gasteiger partial charge in [-0.1, -0.05) is 0 Å². The zero-order valence-electron chi connectivity index (χ0n) is 11.0. The third-order valence-electron chi connectivity index (χ3n) is 2.65. The first-order chi connectivity index (χ1) is 8.86. The summed E-state index contributed by atoms with van der Waals surface area (Å²) in [6.07, 6.45) is 0. The summed E-state index contributed by atoms with van der Waals surface area (Å²) in [5, 5.41) is 11.5. The largest absolute Gasteiger partial charge is 0.480 e. The minimum Gasteiger partial charge on any atom is -0.480 e. The number of carboxylic acid groups (broad SMARTS) is 1. The highest BCUT2D eigenvalue weighted by molar-refractivity contribution is 7.80. The summed E-state index contributed by atoms with van der Waals surface area (Å²) in [6.45, 7) is 3.65. The molecule has 1 heterocycles. The molecular formula is C11H17N3O4S. The summed E-state index contributed by atoms with van der Waals surface area (Å²) < 4.78 is 5.23. The van der Waals surface area contributed by atoms with Crippen molar-refractivity contribution in [2.45, 2.75) is 26.4 Å². The second-order valence-electron chi connectivity index (χ2n) is 4.04. The molecule has 1 rings (SSSR count). The third-order valence-corrected chi connectivity index (χ3v) is 3.00. The Labute approximate surface area is 116 Å². The number of hydrogen-bond acceptors (Lipinski definition) is 5. The highest BCUT2D eigenvalue weighted by atomic mass is 32.1. The smallest absolute Gasteiger partial charge is 0.327 e. The molecule has 1 atom stereocenters. The number of aryl methyl sites for hydroxylation is 2. The molecular weight excluding hydrogens is 270 g/mol. The van der Waals surface area contributed by atoms with E-state index in [0.717, 1.165) is 4.90 Å². The van der Waals surface area contributed by atoms with Crippen molar-refractivity contribution in [2.24, 2.45) is 0 Å². The van der Waals surface area contributed by atoms with E-state index in [1.165, 1.54) is 7.05 Å². The number of urea groups is 1. The molecule has 19 heavy (non-hydrogen) atoms. The molecule has 0 fully saturated rings. The Morgan fingerprint density at radius 2 is 2.16 bits per heavy atom. The van der Waals surface area contributed by atoms with Crippen molar-refractivity contribution in [3.05, 3.63) is 17.3 Å². The molecule has 0 aromatic carbocycles. The second-order valence-corrected chi connectivity index (χ2v) is 4.41. The Hall–Kier alpha value is -1.70. The number of carboxylic acids is 1. The Balaban J connectivity index is 2.60. The quantitative estimate of drug-likeness (QED) is 0.697. The van der Waals surface area contributed by atoms with E-state index in [2.05, 4.69) is 22.9 Å². The Morgan fingerprint density at radius 1 is 1.53 bits per heavy atom. The molecule has 2 amide bonds. The lowest BCUT2D eigenvalue weighted by molar-refractivity contribution is -0.140. The van der Waals surface area contributed by atoms with Gasteiger partial charge in [-0.15, -0.1) is 0 Å². The summed E-state index contributed by atoms with van der Waals surface area (Å²) in [7, 11) is 1.41. The third kappa shape index (κ3) is 3.88. The van der Waals surface area contributed by atoms with Crippen LogP contribution in [-0.4, -0.2) is 45.8 Å². The Morgan fingerprint density at radius 3 is 2.58 bits per heavy atom. The molecule has 0 aliphatic heterocycles. The van der Waals surface area contributed by atoms with E-state index >= 15 is 0 Å². The topological polar surface area (TPSA) is 95.7 Å². The van der Waals surface area contributed by atoms with Gasteiger partial charge >= 0.3 is 12.0 Å². The van der Waals surface area contributed by atoms with Gasteiger partial charge in [0.15, 0.2) is 5.89 Å². The molecule has 8 heteroatoms. The lowest BCUT2D eigenvalue weighted by Crippen LogP contribution is -2.48. The van der Waals surface area contributed by atoms with Gasteiger partial charge in [0, 0.05) is 19.7 Å². The van der Waals surface area contributed by atoms with Gasteiger partial charge in [0.1, 0.15) is 17.5 Å². The number of oxazole rings is 1. The van der Waals surface area contributed by atoms with Crippen molar-refractivity contribution < 1.29 is 19.1 Å². The molecule has 1 aromatic rings. The average Bonchev–Trinajstić information content (AvgIpc) is 2.65. The van der Waals surface area contributed by atoms with E-state index in [0.29, 0.717) is 17.3 Å². The zero-order valence-corrected chi connectivity index (χ0v) is 11.9. The predicted molar refractivity (Wildman–Crippen MR) is 71.3 cm³/mol. The molecule has 0 bridgehead atoms. The fourth-order valence-electron chi connectivity index (χ4n) is 1.53. The van der Waals surface area contributed by atoms with Gasteiger partial charge in [-0.05, 0) is 6.92 Å². The van der Waals surface area contributed by atoms with Crippen LogP contribution in [0.25, 0.3) is 0 Å². The van der Waals surface area contributed by atoms with Gasteiger partial charge in [0.05, 0.1) is 6.54 Å². The number of amides is 2. The van der Waals surface area contributed by atoms with Crippen LogP contribution in [-0.2, 0) is 11.3 Å². The van der Waals surface area contributed by atoms with Crippen LogP contribution in [0, 0.1) is 13.8 Å². The fourth-order valence-corrected chi connectivity index (χ4v) is 1.93. The summed E-state index contributed by atoms with van der Waals surface area (Å²) in [6, 6.07) is -1.47. The van der Waals surface area contributed by atoms with Crippen molar-refractivity contribution in [1.82, 2.24) is 15.2 Å². The number of rotatable bonds is 5. The summed E-state index contributed by atoms with van der Waals surface area (Å²) in [5.41, 5.74) is 0.622. The number of aliphatic carboxylic acids is 1. The van der Waals surface area contributed by atoms with Crippen molar-refractivity contribution in [3.63, 3.8) is 0 Å². The summed E-state index contributed by atoms with van der Waals surface area (Å²) >= 11 is 3.92. The predicted octanol–water partition coefficient (Wildman–Crippen LogP) is 0.816. The molecule has 2 N–H and O–H groups in total. The van der Waals surface area contributed by atoms with E-state index in [1.54, 1.807) is 13.8 Å². The molecule has 1 unspecified atom stereocenters. The number of nitrogens with one attached hydrogen (secondary N) is 1. The van der Waals surface area contributed by atoms with Gasteiger partial charge in [-0.3, -0.25) is 0 Å². The molecule has 1 aromatic heterocycles. The highest BCUT2D eigenvalue weighted by Gasteiger charge is 2.25. The lowest BCUT2D eigenvalue weighted by Gasteiger charge is -2.23. The molecule has 0 aliphatic carbocycles. The van der Waals surface area contributed by atoms with E-state index in [-0.39, 0.29) is 12.3 Å². The SMILES string of the molecule is Cc1nc(CNC(=O)N(C)C(CS)C(=O)O)c(C)o1. The lowest BCUT2D eigenvalue weighted by atomic mass is 10.3. The minimum atomic E-state index is -1.10. The van der Waals surface area contributed by atoms with E-state index in [1.807, 2.05) is 0 Å². The monoisotopic (exact) mass is 287 g/mol. The molecule has 0 radical (unpaired) electrons. The first-order valence-corrected chi connectivity index (χ1v) is 6.27. The molecule has 7 nitrogen and oxygen atoms in total. The number of thiol groups is 1. The van der Waals surface area contributed by atoms with Crippen LogP contribution < -0.4 is 5.32 Å². The number of carbonyl (C=O) groups excluding carboxylic acids is 1. The maximum atomic E-state index is 11.8. The van der Waals surface area contributed by atoms with Crippen LogP contribution in [0.15, 0.2) is 4.42 Å². The highest BCUT2D eigenvalue weighted by Crippen LogP contribution is 2.08. The number of carbonyl (C=O) groups is 2. The first-order valence-electron chi connectivity index (χ1n) is 5.64. The maximum Gasteiger partial charge on any atom is 0.327 e. The number of nitrogens with zero attached hydrogens (tertiary/aromatic N) is 2. The first kappa shape index (κ1) is 15.4. The van der Waals surface area contributed by atoms with Crippen LogP contribution >= 0.6 is 12.6 Å². The van der Waals surface area contributed by atoms with Crippen molar-refractivity contribution in [2.75, 3.05) is 12.8 Å². The average molecular weight is 287 g/mol. The van der Waals surface area contributed by atoms with Crippen LogP contribution in [0.2, 0.25) is 0 Å². The second kappa shape index (κ2) is 6.46. The van der Waals surface area contributed by atoms with Crippen molar-refractivity contribution >= 4 is 24.6 Å². The van der Waals surface area contributed by atoms with Gasteiger partial charge in [0.2, 0.25) is 0 Å². The van der Waals surface area contributed by atoms with Gasteiger partial charge in [-0.25, -0.2) is 14.6 Å². The van der Waals surface area contributed by atoms with E-state index < -0.39 is 18.0 Å². The standard InChI is InChI=1S/C11H17N3O4S/c1-6-8(13-7(2)18-6)4-12-11(17)14(3)9(5-19)10(15)16/h9,19H,4-5H2,1-3H3,(H,12,17)(H,15,16). The maximum absolute atomic E-state index is 11.8. The summed E-state index contributed by atoms with van der Waals surface area (Å²) in [5.74, 6) is 0.0980. The number of aromatic nitrogens is 1. The normalized spacial score (nSPS) is 12.0. The van der Waals surface area contributed by atoms with Crippen molar-refractivity contribution in [3.8, 4) is 0 Å². The van der Waals surface area contributed by atoms with Crippen molar-refractivity contribution in [1.29, 1.82) is 0 Å². The number of likely N-dealkylation sites (N-methyl/N-ethyl adjacent to an activating group) is 1. The van der Waals surface area contributed by atoms with Crippen LogP contribution in [0.1, 0.15) is 17.3 Å². The molecule has 0 aliphatic rings. The van der Waals surface area contributed by atoms with Crippen LogP contribution in [0.5, 0.6) is 0 Å². The Bertz CT molecular complexity index is 475. The number of hydrogen-bond donors (Lipinski definition) is 3. The molecule has 106 valence electrons. The minimum absolute atomic E-state index is 0.0430. The van der Waals surface area contributed by atoms with Gasteiger partial charge in [0.25, 0.3) is 0 Å². The van der Waals surface area contributed by atoms with Crippen LogP contribution in [0.3, 0.4) is 0 Å². The van der Waals surface area contributed by atoms with E-state index in [4.69, 9.17) is 9.52 Å². The zero-order chi connectivity index (χ0) is 14.6.